The van der Waals surface area contributed by atoms with Crippen LogP contribution in [-0.4, -0.2) is 46.4 Å². The molecule has 0 bridgehead atoms. The lowest BCUT2D eigenvalue weighted by Crippen LogP contribution is -2.39. The number of aliphatic hydroxyl groups is 1. The minimum absolute atomic E-state index is 0.0987. The quantitative estimate of drug-likeness (QED) is 0.494. The standard InChI is InChI=1S/C20H24FN5O2S/c1-20(2,28)17-12-29-18(24-17)13-4-3-9-26(11-13)19(27)15-6-5-14(21)10-16(15)25-23-8-7-22/h5-8,10,12-13,22,25,28H,3-4,9,11H2,1-2H3/b22-7?,23-8-. The third-order valence-electron chi connectivity index (χ3n) is 4.75. The maximum absolute atomic E-state index is 13.7. The van der Waals surface area contributed by atoms with E-state index in [1.165, 1.54) is 35.8 Å². The first-order chi connectivity index (χ1) is 13.8. The van der Waals surface area contributed by atoms with Gasteiger partial charge in [0.1, 0.15) is 11.4 Å². The molecule has 2 heterocycles. The summed E-state index contributed by atoms with van der Waals surface area (Å²) in [6.07, 6.45) is 3.95. The molecule has 1 amide bonds. The van der Waals surface area contributed by atoms with Crippen LogP contribution in [-0.2, 0) is 5.60 Å². The van der Waals surface area contributed by atoms with Gasteiger partial charge >= 0.3 is 0 Å². The average Bonchev–Trinajstić information content (AvgIpc) is 3.19. The topological polar surface area (TPSA) is 102 Å². The number of carbonyl (C=O) groups is 1. The fraction of sp³-hybridized carbons (Fsp3) is 0.400. The first-order valence-corrected chi connectivity index (χ1v) is 10.2. The third-order valence-corrected chi connectivity index (χ3v) is 5.76. The lowest BCUT2D eigenvalue weighted by molar-refractivity contribution is 0.0697. The molecule has 1 aliphatic rings. The summed E-state index contributed by atoms with van der Waals surface area (Å²) in [6.45, 7) is 4.52. The normalized spacial score (nSPS) is 17.5. The van der Waals surface area contributed by atoms with E-state index < -0.39 is 11.4 Å². The summed E-state index contributed by atoms with van der Waals surface area (Å²) in [7, 11) is 0. The lowest BCUT2D eigenvalue weighted by Gasteiger charge is -2.32. The van der Waals surface area contributed by atoms with E-state index in [0.717, 1.165) is 24.1 Å². The Kier molecular flexibility index (Phi) is 6.39. The zero-order valence-electron chi connectivity index (χ0n) is 16.4. The van der Waals surface area contributed by atoms with Crippen LogP contribution in [0.4, 0.5) is 10.1 Å². The number of anilines is 1. The molecule has 1 saturated heterocycles. The minimum Gasteiger partial charge on any atom is -0.384 e. The van der Waals surface area contributed by atoms with Crippen LogP contribution in [0.25, 0.3) is 0 Å². The third kappa shape index (κ3) is 5.04. The van der Waals surface area contributed by atoms with E-state index in [1.807, 2.05) is 5.38 Å². The Labute approximate surface area is 172 Å². The molecule has 3 N–H and O–H groups in total. The van der Waals surface area contributed by atoms with Crippen LogP contribution in [0.15, 0.2) is 28.7 Å². The molecule has 1 fully saturated rings. The number of benzene rings is 1. The maximum Gasteiger partial charge on any atom is 0.256 e. The second-order valence-corrected chi connectivity index (χ2v) is 8.36. The monoisotopic (exact) mass is 417 g/mol. The van der Waals surface area contributed by atoms with Gasteiger partial charge in [-0.2, -0.15) is 5.10 Å². The zero-order chi connectivity index (χ0) is 21.0. The molecule has 154 valence electrons. The number of amides is 1. The van der Waals surface area contributed by atoms with E-state index in [9.17, 15) is 14.3 Å². The highest BCUT2D eigenvalue weighted by Crippen LogP contribution is 2.33. The van der Waals surface area contributed by atoms with Gasteiger partial charge in [0, 0.05) is 30.6 Å². The maximum atomic E-state index is 13.7. The van der Waals surface area contributed by atoms with Crippen LogP contribution >= 0.6 is 11.3 Å². The molecular formula is C20H24FN5O2S. The summed E-state index contributed by atoms with van der Waals surface area (Å²) in [5, 5.41) is 23.7. The largest absolute Gasteiger partial charge is 0.384 e. The number of hydrogen-bond acceptors (Lipinski definition) is 7. The Hall–Kier alpha value is -2.65. The van der Waals surface area contributed by atoms with E-state index in [-0.39, 0.29) is 17.5 Å². The highest BCUT2D eigenvalue weighted by Gasteiger charge is 2.30. The zero-order valence-corrected chi connectivity index (χ0v) is 17.2. The van der Waals surface area contributed by atoms with Crippen molar-refractivity contribution in [3.05, 3.63) is 45.7 Å². The molecule has 2 aromatic rings. The van der Waals surface area contributed by atoms with Crippen molar-refractivity contribution in [2.75, 3.05) is 18.5 Å². The van der Waals surface area contributed by atoms with Crippen molar-refractivity contribution in [3.63, 3.8) is 0 Å². The fourth-order valence-corrected chi connectivity index (χ4v) is 4.34. The molecule has 0 spiro atoms. The van der Waals surface area contributed by atoms with E-state index >= 15 is 0 Å². The molecule has 29 heavy (non-hydrogen) atoms. The number of nitrogens with one attached hydrogen (secondary N) is 2. The van der Waals surface area contributed by atoms with Gasteiger partial charge in [0.25, 0.3) is 5.91 Å². The molecule has 1 aromatic heterocycles. The molecular weight excluding hydrogens is 393 g/mol. The van der Waals surface area contributed by atoms with Crippen LogP contribution in [0, 0.1) is 11.2 Å². The number of nitrogens with zero attached hydrogens (tertiary/aromatic N) is 3. The number of likely N-dealkylation sites (tertiary alicyclic amines) is 1. The number of hydrogen-bond donors (Lipinski definition) is 3. The van der Waals surface area contributed by atoms with Crippen LogP contribution in [0.1, 0.15) is 53.7 Å². The van der Waals surface area contributed by atoms with Gasteiger partial charge in [-0.1, -0.05) is 0 Å². The summed E-state index contributed by atoms with van der Waals surface area (Å²) >= 11 is 1.50. The summed E-state index contributed by atoms with van der Waals surface area (Å²) in [4.78, 5) is 19.4. The predicted molar refractivity (Wildman–Crippen MR) is 113 cm³/mol. The summed E-state index contributed by atoms with van der Waals surface area (Å²) in [5.41, 5.74) is 2.85. The summed E-state index contributed by atoms with van der Waals surface area (Å²) in [5.74, 6) is -0.587. The molecule has 0 saturated carbocycles. The molecule has 0 radical (unpaired) electrons. The van der Waals surface area contributed by atoms with Crippen LogP contribution in [0.2, 0.25) is 0 Å². The molecule has 1 unspecified atom stereocenters. The number of halogens is 1. The van der Waals surface area contributed by atoms with Crippen molar-refractivity contribution < 1.29 is 14.3 Å². The van der Waals surface area contributed by atoms with Gasteiger partial charge in [-0.25, -0.2) is 9.37 Å². The smallest absolute Gasteiger partial charge is 0.256 e. The average molecular weight is 418 g/mol. The Morgan fingerprint density at radius 2 is 2.31 bits per heavy atom. The Bertz CT molecular complexity index is 922. The van der Waals surface area contributed by atoms with E-state index in [0.29, 0.717) is 24.3 Å². The van der Waals surface area contributed by atoms with E-state index in [1.54, 1.807) is 18.7 Å². The van der Waals surface area contributed by atoms with Crippen molar-refractivity contribution in [2.24, 2.45) is 5.10 Å². The van der Waals surface area contributed by atoms with Gasteiger partial charge in [0.15, 0.2) is 0 Å². The Balaban J connectivity index is 1.79. The highest BCUT2D eigenvalue weighted by atomic mass is 32.1. The van der Waals surface area contributed by atoms with Crippen molar-refractivity contribution in [2.45, 2.75) is 38.2 Å². The number of rotatable bonds is 6. The van der Waals surface area contributed by atoms with E-state index in [4.69, 9.17) is 5.41 Å². The number of carbonyl (C=O) groups excluding carboxylic acids is 1. The van der Waals surface area contributed by atoms with Crippen LogP contribution in [0.5, 0.6) is 0 Å². The van der Waals surface area contributed by atoms with E-state index in [2.05, 4.69) is 15.5 Å². The molecule has 0 aliphatic carbocycles. The van der Waals surface area contributed by atoms with Gasteiger partial charge in [-0.05, 0) is 44.9 Å². The second-order valence-electron chi connectivity index (χ2n) is 7.47. The lowest BCUT2D eigenvalue weighted by atomic mass is 9.97. The number of thiazole rings is 1. The molecule has 9 heteroatoms. The molecule has 7 nitrogen and oxygen atoms in total. The van der Waals surface area contributed by atoms with Crippen LogP contribution < -0.4 is 5.43 Å². The molecule has 1 atom stereocenters. The predicted octanol–water partition coefficient (Wildman–Crippen LogP) is 3.58. The first-order valence-electron chi connectivity index (χ1n) is 9.35. The van der Waals surface area contributed by atoms with Crippen molar-refractivity contribution in [1.82, 2.24) is 9.88 Å². The molecule has 1 aliphatic heterocycles. The minimum atomic E-state index is -0.995. The molecule has 1 aromatic carbocycles. The van der Waals surface area contributed by atoms with Crippen molar-refractivity contribution >= 4 is 35.4 Å². The number of piperidine rings is 1. The SMILES string of the molecule is CC(C)(O)c1csc(C2CCCN(C(=O)c3ccc(F)cc3N/N=C\C=N)C2)n1. The molecule has 3 rings (SSSR count). The van der Waals surface area contributed by atoms with Crippen LogP contribution in [0.3, 0.4) is 0 Å². The number of hydrazone groups is 1. The van der Waals surface area contributed by atoms with Gasteiger partial charge in [-0.3, -0.25) is 10.2 Å². The first kappa shape index (κ1) is 21.1. The summed E-state index contributed by atoms with van der Waals surface area (Å²) in [6, 6.07) is 3.91. The van der Waals surface area contributed by atoms with Gasteiger partial charge in [0.2, 0.25) is 0 Å². The Morgan fingerprint density at radius 1 is 1.52 bits per heavy atom. The van der Waals surface area contributed by atoms with Gasteiger partial charge in [-0.15, -0.1) is 11.3 Å². The highest BCUT2D eigenvalue weighted by molar-refractivity contribution is 7.09. The summed E-state index contributed by atoms with van der Waals surface area (Å²) < 4.78 is 13.7. The van der Waals surface area contributed by atoms with Crippen molar-refractivity contribution in [1.29, 1.82) is 5.41 Å². The van der Waals surface area contributed by atoms with Gasteiger partial charge in [0.05, 0.1) is 28.2 Å². The second kappa shape index (κ2) is 8.79. The van der Waals surface area contributed by atoms with Gasteiger partial charge < -0.3 is 15.4 Å². The Morgan fingerprint density at radius 3 is 3.00 bits per heavy atom. The number of aromatic nitrogens is 1. The van der Waals surface area contributed by atoms with Crippen molar-refractivity contribution in [3.8, 4) is 0 Å². The fourth-order valence-electron chi connectivity index (χ4n) is 3.23.